The van der Waals surface area contributed by atoms with Crippen molar-refractivity contribution in [2.45, 2.75) is 39.5 Å². The Morgan fingerprint density at radius 3 is 2.79 bits per heavy atom. The van der Waals surface area contributed by atoms with E-state index >= 15 is 0 Å². The van der Waals surface area contributed by atoms with E-state index in [0.717, 1.165) is 29.0 Å². The van der Waals surface area contributed by atoms with Crippen LogP contribution < -0.4 is 4.74 Å². The first-order valence-electron chi connectivity index (χ1n) is 10.0. The number of hydrogen-bond donors (Lipinski definition) is 0. The Morgan fingerprint density at radius 2 is 2.14 bits per heavy atom. The van der Waals surface area contributed by atoms with E-state index in [2.05, 4.69) is 22.1 Å². The summed E-state index contributed by atoms with van der Waals surface area (Å²) in [6.45, 7) is 7.87. The largest absolute Gasteiger partial charge is 0.493 e. The van der Waals surface area contributed by atoms with Gasteiger partial charge in [-0.25, -0.2) is 9.78 Å². The monoisotopic (exact) mass is 396 g/mol. The van der Waals surface area contributed by atoms with E-state index in [1.54, 1.807) is 6.20 Å². The lowest BCUT2D eigenvalue weighted by Crippen LogP contribution is -2.14. The smallest absolute Gasteiger partial charge is 0.358 e. The van der Waals surface area contributed by atoms with Gasteiger partial charge in [0.05, 0.1) is 38.3 Å². The zero-order valence-electron chi connectivity index (χ0n) is 17.5. The van der Waals surface area contributed by atoms with Gasteiger partial charge in [-0.15, -0.1) is 0 Å². The van der Waals surface area contributed by atoms with E-state index < -0.39 is 5.97 Å². The second-order valence-corrected chi connectivity index (χ2v) is 7.19. The molecule has 3 rings (SSSR count). The summed E-state index contributed by atoms with van der Waals surface area (Å²) in [6.07, 6.45) is 5.11. The van der Waals surface area contributed by atoms with E-state index in [4.69, 9.17) is 14.2 Å². The maximum Gasteiger partial charge on any atom is 0.358 e. The van der Waals surface area contributed by atoms with Crippen molar-refractivity contribution in [1.82, 2.24) is 9.97 Å². The van der Waals surface area contributed by atoms with Gasteiger partial charge in [-0.05, 0) is 24.8 Å². The third-order valence-corrected chi connectivity index (χ3v) is 4.89. The third kappa shape index (κ3) is 4.82. The Morgan fingerprint density at radius 1 is 1.31 bits per heavy atom. The fourth-order valence-electron chi connectivity index (χ4n) is 3.34. The minimum absolute atomic E-state index is 0.169. The van der Waals surface area contributed by atoms with E-state index in [1.165, 1.54) is 12.7 Å². The number of aromatic nitrogens is 2. The molecule has 0 N–H and O–H groups in total. The Bertz CT molecular complexity index is 906. The summed E-state index contributed by atoms with van der Waals surface area (Å²) in [6, 6.07) is 6.09. The topological polar surface area (TPSA) is 70.5 Å². The zero-order chi connectivity index (χ0) is 20.8. The molecular formula is C23H28N2O4. The summed E-state index contributed by atoms with van der Waals surface area (Å²) in [7, 11) is 1.36. The lowest BCUT2D eigenvalue weighted by atomic mass is 9.95. The van der Waals surface area contributed by atoms with Crippen LogP contribution in [0.4, 0.5) is 0 Å². The van der Waals surface area contributed by atoms with Crippen molar-refractivity contribution < 1.29 is 19.0 Å². The standard InChI is InChI=1S/C23H28N2O4/c1-5-29-22-17(7-6-8-18(22)16-9-11-28-12-10-16)13-19-21(23(26)27-4)25-20(14-24-19)15(2)3/h6-9,14-15H,5,10-13H2,1-4H3. The fraction of sp³-hybridized carbons (Fsp3) is 0.435. The molecule has 0 saturated carbocycles. The molecule has 0 unspecified atom stereocenters. The molecule has 29 heavy (non-hydrogen) atoms. The molecule has 0 amide bonds. The summed E-state index contributed by atoms with van der Waals surface area (Å²) < 4.78 is 16.4. The number of rotatable bonds is 7. The maximum atomic E-state index is 12.3. The van der Waals surface area contributed by atoms with E-state index in [9.17, 15) is 4.79 Å². The van der Waals surface area contributed by atoms with Gasteiger partial charge in [-0.1, -0.05) is 38.1 Å². The van der Waals surface area contributed by atoms with Crippen molar-refractivity contribution in [3.05, 3.63) is 58.7 Å². The van der Waals surface area contributed by atoms with Crippen LogP contribution in [0.2, 0.25) is 0 Å². The number of carbonyl (C=O) groups excluding carboxylic acids is 1. The summed E-state index contributed by atoms with van der Waals surface area (Å²) in [4.78, 5) is 21.4. The third-order valence-electron chi connectivity index (χ3n) is 4.89. The van der Waals surface area contributed by atoms with Crippen LogP contribution in [0, 0.1) is 0 Å². The number of hydrogen-bond acceptors (Lipinski definition) is 6. The molecule has 0 radical (unpaired) electrons. The van der Waals surface area contributed by atoms with Crippen LogP contribution in [-0.2, 0) is 15.9 Å². The average molecular weight is 396 g/mol. The van der Waals surface area contributed by atoms with Gasteiger partial charge in [0.25, 0.3) is 0 Å². The van der Waals surface area contributed by atoms with Crippen LogP contribution in [0.1, 0.15) is 66.1 Å². The SMILES string of the molecule is CCOc1c(Cc2ncc(C(C)C)nc2C(=O)OC)cccc1C1=CCOCC1. The van der Waals surface area contributed by atoms with Crippen LogP contribution in [0.3, 0.4) is 0 Å². The Hall–Kier alpha value is -2.73. The first-order chi connectivity index (χ1) is 14.0. The summed E-state index contributed by atoms with van der Waals surface area (Å²) >= 11 is 0. The molecule has 6 heteroatoms. The molecule has 0 saturated heterocycles. The lowest BCUT2D eigenvalue weighted by Gasteiger charge is -2.20. The molecule has 0 spiro atoms. The average Bonchev–Trinajstić information content (AvgIpc) is 2.75. The molecule has 0 aliphatic carbocycles. The molecule has 0 atom stereocenters. The fourth-order valence-corrected chi connectivity index (χ4v) is 3.34. The lowest BCUT2D eigenvalue weighted by molar-refractivity contribution is 0.0591. The van der Waals surface area contributed by atoms with Crippen molar-refractivity contribution in [3.63, 3.8) is 0 Å². The van der Waals surface area contributed by atoms with Crippen molar-refractivity contribution in [2.24, 2.45) is 0 Å². The van der Waals surface area contributed by atoms with Crippen molar-refractivity contribution >= 4 is 11.5 Å². The predicted molar refractivity (Wildman–Crippen MR) is 111 cm³/mol. The van der Waals surface area contributed by atoms with Gasteiger partial charge in [-0.3, -0.25) is 4.98 Å². The number of carbonyl (C=O) groups is 1. The van der Waals surface area contributed by atoms with Crippen LogP contribution in [0.5, 0.6) is 5.75 Å². The van der Waals surface area contributed by atoms with Crippen LogP contribution in [0.15, 0.2) is 30.5 Å². The van der Waals surface area contributed by atoms with Gasteiger partial charge in [-0.2, -0.15) is 0 Å². The minimum Gasteiger partial charge on any atom is -0.493 e. The normalized spacial score (nSPS) is 13.9. The second-order valence-electron chi connectivity index (χ2n) is 7.19. The predicted octanol–water partition coefficient (Wildman–Crippen LogP) is 4.18. The molecular weight excluding hydrogens is 368 g/mol. The minimum atomic E-state index is -0.476. The van der Waals surface area contributed by atoms with E-state index in [0.29, 0.717) is 31.9 Å². The van der Waals surface area contributed by atoms with Gasteiger partial charge >= 0.3 is 5.97 Å². The Labute approximate surface area is 171 Å². The van der Waals surface area contributed by atoms with Crippen molar-refractivity contribution in [2.75, 3.05) is 26.9 Å². The Kier molecular flexibility index (Phi) is 6.99. The zero-order valence-corrected chi connectivity index (χ0v) is 17.5. The highest BCUT2D eigenvalue weighted by atomic mass is 16.5. The van der Waals surface area contributed by atoms with Crippen LogP contribution >= 0.6 is 0 Å². The molecule has 0 bridgehead atoms. The summed E-state index contributed by atoms with van der Waals surface area (Å²) in [5.41, 5.74) is 4.86. The number of benzene rings is 1. The highest BCUT2D eigenvalue weighted by Crippen LogP contribution is 2.34. The van der Waals surface area contributed by atoms with Crippen LogP contribution in [-0.4, -0.2) is 42.9 Å². The number of para-hydroxylation sites is 1. The highest BCUT2D eigenvalue weighted by molar-refractivity contribution is 5.88. The quantitative estimate of drug-likeness (QED) is 0.654. The molecule has 1 aromatic heterocycles. The van der Waals surface area contributed by atoms with Gasteiger partial charge in [0.2, 0.25) is 0 Å². The number of methoxy groups -OCH3 is 1. The first-order valence-corrected chi connectivity index (χ1v) is 10.0. The molecule has 1 aromatic carbocycles. The summed E-state index contributed by atoms with van der Waals surface area (Å²) in [5, 5.41) is 0. The number of ether oxygens (including phenoxy) is 3. The molecule has 154 valence electrons. The van der Waals surface area contributed by atoms with E-state index in [1.807, 2.05) is 32.9 Å². The van der Waals surface area contributed by atoms with E-state index in [-0.39, 0.29) is 11.6 Å². The number of esters is 1. The van der Waals surface area contributed by atoms with Gasteiger partial charge < -0.3 is 14.2 Å². The molecule has 2 aromatic rings. The first kappa shape index (κ1) is 21.0. The molecule has 0 fully saturated rings. The van der Waals surface area contributed by atoms with Gasteiger partial charge in [0.15, 0.2) is 5.69 Å². The Balaban J connectivity index is 2.03. The molecule has 2 heterocycles. The van der Waals surface area contributed by atoms with Crippen molar-refractivity contribution in [1.29, 1.82) is 0 Å². The van der Waals surface area contributed by atoms with Crippen LogP contribution in [0.25, 0.3) is 5.57 Å². The summed E-state index contributed by atoms with van der Waals surface area (Å²) in [5.74, 6) is 0.521. The van der Waals surface area contributed by atoms with Crippen molar-refractivity contribution in [3.8, 4) is 5.75 Å². The highest BCUT2D eigenvalue weighted by Gasteiger charge is 2.21. The molecule has 6 nitrogen and oxygen atoms in total. The molecule has 1 aliphatic rings. The van der Waals surface area contributed by atoms with Gasteiger partial charge in [0, 0.05) is 23.7 Å². The second kappa shape index (κ2) is 9.65. The maximum absolute atomic E-state index is 12.3. The molecule has 1 aliphatic heterocycles. The number of nitrogens with zero attached hydrogens (tertiary/aromatic N) is 2. The van der Waals surface area contributed by atoms with Gasteiger partial charge in [0.1, 0.15) is 5.75 Å².